The molecule has 1 aliphatic heterocycles. The van der Waals surface area contributed by atoms with E-state index in [0.29, 0.717) is 19.5 Å². The molecule has 1 saturated carbocycles. The molecule has 2 aliphatic rings. The largest absolute Gasteiger partial charge is 0.352 e. The second-order valence-electron chi connectivity index (χ2n) is 6.81. The van der Waals surface area contributed by atoms with Crippen LogP contribution in [0.5, 0.6) is 0 Å². The Morgan fingerprint density at radius 2 is 1.96 bits per heavy atom. The maximum Gasteiger partial charge on any atom is 0.226 e. The van der Waals surface area contributed by atoms with Crippen LogP contribution >= 0.6 is 0 Å². The SMILES string of the molecule is O=C(NCc1cccnc1)C1CC1C(=O)N1CCc2ccccc2C1. The van der Waals surface area contributed by atoms with Crippen LogP contribution in [0.2, 0.25) is 0 Å². The van der Waals surface area contributed by atoms with Crippen LogP contribution in [0.15, 0.2) is 48.8 Å². The third-order valence-corrected chi connectivity index (χ3v) is 5.08. The third-order valence-electron chi connectivity index (χ3n) is 5.08. The third kappa shape index (κ3) is 3.40. The first kappa shape index (κ1) is 15.8. The van der Waals surface area contributed by atoms with Crippen LogP contribution in [0.25, 0.3) is 0 Å². The summed E-state index contributed by atoms with van der Waals surface area (Å²) < 4.78 is 0. The summed E-state index contributed by atoms with van der Waals surface area (Å²) in [5.41, 5.74) is 3.51. The summed E-state index contributed by atoms with van der Waals surface area (Å²) >= 11 is 0. The average molecular weight is 335 g/mol. The van der Waals surface area contributed by atoms with E-state index in [2.05, 4.69) is 22.4 Å². The number of fused-ring (bicyclic) bond motifs is 1. The van der Waals surface area contributed by atoms with Crippen LogP contribution in [0, 0.1) is 11.8 Å². The van der Waals surface area contributed by atoms with Crippen LogP contribution in [0.4, 0.5) is 0 Å². The van der Waals surface area contributed by atoms with Gasteiger partial charge in [-0.05, 0) is 35.6 Å². The summed E-state index contributed by atoms with van der Waals surface area (Å²) in [6, 6.07) is 12.0. The van der Waals surface area contributed by atoms with Crippen molar-refractivity contribution in [3.05, 3.63) is 65.5 Å². The van der Waals surface area contributed by atoms with Gasteiger partial charge in [-0.1, -0.05) is 30.3 Å². The number of rotatable bonds is 4. The Morgan fingerprint density at radius 1 is 1.12 bits per heavy atom. The molecule has 2 heterocycles. The molecule has 25 heavy (non-hydrogen) atoms. The fourth-order valence-corrected chi connectivity index (χ4v) is 3.50. The lowest BCUT2D eigenvalue weighted by Crippen LogP contribution is -2.38. The molecule has 2 atom stereocenters. The highest BCUT2D eigenvalue weighted by Crippen LogP contribution is 2.41. The molecule has 4 rings (SSSR count). The number of hydrogen-bond donors (Lipinski definition) is 1. The second kappa shape index (κ2) is 6.67. The molecule has 1 fully saturated rings. The number of benzene rings is 1. The maximum atomic E-state index is 12.7. The Morgan fingerprint density at radius 3 is 2.76 bits per heavy atom. The number of pyridine rings is 1. The van der Waals surface area contributed by atoms with E-state index in [1.165, 1.54) is 11.1 Å². The number of hydrogen-bond acceptors (Lipinski definition) is 3. The second-order valence-corrected chi connectivity index (χ2v) is 6.81. The zero-order valence-corrected chi connectivity index (χ0v) is 14.0. The quantitative estimate of drug-likeness (QED) is 0.928. The first-order valence-corrected chi connectivity index (χ1v) is 8.74. The minimum Gasteiger partial charge on any atom is -0.352 e. The van der Waals surface area contributed by atoms with Gasteiger partial charge in [-0.25, -0.2) is 0 Å². The van der Waals surface area contributed by atoms with Gasteiger partial charge >= 0.3 is 0 Å². The molecule has 1 aliphatic carbocycles. The number of nitrogens with zero attached hydrogens (tertiary/aromatic N) is 2. The summed E-state index contributed by atoms with van der Waals surface area (Å²) in [7, 11) is 0. The highest BCUT2D eigenvalue weighted by molar-refractivity contribution is 5.92. The lowest BCUT2D eigenvalue weighted by atomic mass is 9.99. The average Bonchev–Trinajstić information content (AvgIpc) is 3.47. The Bertz CT molecular complexity index is 791. The van der Waals surface area contributed by atoms with E-state index < -0.39 is 0 Å². The highest BCUT2D eigenvalue weighted by Gasteiger charge is 2.49. The van der Waals surface area contributed by atoms with Gasteiger partial charge in [0.1, 0.15) is 0 Å². The maximum absolute atomic E-state index is 12.7. The van der Waals surface area contributed by atoms with Crippen molar-refractivity contribution in [2.24, 2.45) is 11.8 Å². The zero-order chi connectivity index (χ0) is 17.2. The topological polar surface area (TPSA) is 62.3 Å². The van der Waals surface area contributed by atoms with E-state index in [1.807, 2.05) is 29.2 Å². The molecule has 5 nitrogen and oxygen atoms in total. The number of nitrogens with one attached hydrogen (secondary N) is 1. The van der Waals surface area contributed by atoms with Gasteiger partial charge in [-0.15, -0.1) is 0 Å². The summed E-state index contributed by atoms with van der Waals surface area (Å²) in [5, 5.41) is 2.91. The Hall–Kier alpha value is -2.69. The first-order chi connectivity index (χ1) is 12.2. The summed E-state index contributed by atoms with van der Waals surface area (Å²) in [6.45, 7) is 1.87. The van der Waals surface area contributed by atoms with Gasteiger partial charge in [0.2, 0.25) is 11.8 Å². The van der Waals surface area contributed by atoms with Crippen molar-refractivity contribution < 1.29 is 9.59 Å². The standard InChI is InChI=1S/C20H21N3O2/c24-19(22-12-14-4-3-8-21-11-14)17-10-18(17)20(25)23-9-7-15-5-1-2-6-16(15)13-23/h1-6,8,11,17-18H,7,9-10,12-13H2,(H,22,24). The Balaban J connectivity index is 1.31. The molecule has 2 aromatic rings. The number of aromatic nitrogens is 1. The van der Waals surface area contributed by atoms with Gasteiger partial charge in [-0.2, -0.15) is 0 Å². The van der Waals surface area contributed by atoms with Gasteiger partial charge in [-0.3, -0.25) is 14.6 Å². The predicted octanol–water partition coefficient (Wildman–Crippen LogP) is 1.92. The molecule has 128 valence electrons. The first-order valence-electron chi connectivity index (χ1n) is 8.74. The van der Waals surface area contributed by atoms with Crippen molar-refractivity contribution in [1.29, 1.82) is 0 Å². The molecule has 1 aromatic carbocycles. The summed E-state index contributed by atoms with van der Waals surface area (Å²) in [5.74, 6) is -0.240. The molecule has 0 bridgehead atoms. The van der Waals surface area contributed by atoms with E-state index in [1.54, 1.807) is 12.4 Å². The number of amides is 2. The van der Waals surface area contributed by atoms with Crippen molar-refractivity contribution in [1.82, 2.24) is 15.2 Å². The minimum absolute atomic E-state index is 0.0281. The van der Waals surface area contributed by atoms with E-state index in [9.17, 15) is 9.59 Å². The van der Waals surface area contributed by atoms with E-state index in [0.717, 1.165) is 18.5 Å². The van der Waals surface area contributed by atoms with Crippen LogP contribution in [-0.2, 0) is 29.1 Å². The van der Waals surface area contributed by atoms with Crippen molar-refractivity contribution in [2.75, 3.05) is 6.54 Å². The molecule has 1 aromatic heterocycles. The number of carbonyl (C=O) groups excluding carboxylic acids is 2. The van der Waals surface area contributed by atoms with Gasteiger partial charge in [0.15, 0.2) is 0 Å². The molecule has 0 saturated heterocycles. The molecule has 2 amide bonds. The molecule has 1 N–H and O–H groups in total. The molecule has 0 spiro atoms. The van der Waals surface area contributed by atoms with E-state index in [-0.39, 0.29) is 23.7 Å². The lowest BCUT2D eigenvalue weighted by Gasteiger charge is -2.29. The fourth-order valence-electron chi connectivity index (χ4n) is 3.50. The fraction of sp³-hybridized carbons (Fsp3) is 0.350. The zero-order valence-electron chi connectivity index (χ0n) is 14.0. The smallest absolute Gasteiger partial charge is 0.226 e. The van der Waals surface area contributed by atoms with Crippen molar-refractivity contribution in [3.63, 3.8) is 0 Å². The van der Waals surface area contributed by atoms with Gasteiger partial charge in [0.25, 0.3) is 0 Å². The van der Waals surface area contributed by atoms with Gasteiger partial charge in [0, 0.05) is 32.0 Å². The van der Waals surface area contributed by atoms with Gasteiger partial charge in [0.05, 0.1) is 11.8 Å². The highest BCUT2D eigenvalue weighted by atomic mass is 16.2. The lowest BCUT2D eigenvalue weighted by molar-refractivity contribution is -0.135. The number of carbonyl (C=O) groups is 2. The van der Waals surface area contributed by atoms with Crippen LogP contribution in [0.1, 0.15) is 23.1 Å². The normalized spacial score (nSPS) is 21.4. The van der Waals surface area contributed by atoms with Crippen molar-refractivity contribution in [2.45, 2.75) is 25.9 Å². The molecular weight excluding hydrogens is 314 g/mol. The summed E-state index contributed by atoms with van der Waals surface area (Å²) in [6.07, 6.45) is 5.00. The van der Waals surface area contributed by atoms with Crippen LogP contribution < -0.4 is 5.32 Å². The Kier molecular flexibility index (Phi) is 4.22. The van der Waals surface area contributed by atoms with Crippen molar-refractivity contribution >= 4 is 11.8 Å². The van der Waals surface area contributed by atoms with Crippen LogP contribution in [0.3, 0.4) is 0 Å². The minimum atomic E-state index is -0.179. The van der Waals surface area contributed by atoms with Crippen LogP contribution in [-0.4, -0.2) is 28.2 Å². The Labute approximate surface area is 147 Å². The van der Waals surface area contributed by atoms with Gasteiger partial charge < -0.3 is 10.2 Å². The van der Waals surface area contributed by atoms with E-state index >= 15 is 0 Å². The predicted molar refractivity (Wildman–Crippen MR) is 93.2 cm³/mol. The van der Waals surface area contributed by atoms with E-state index in [4.69, 9.17) is 0 Å². The monoisotopic (exact) mass is 335 g/mol. The molecular formula is C20H21N3O2. The molecule has 2 unspecified atom stereocenters. The van der Waals surface area contributed by atoms with Crippen molar-refractivity contribution in [3.8, 4) is 0 Å². The summed E-state index contributed by atoms with van der Waals surface area (Å²) in [4.78, 5) is 30.9. The molecule has 0 radical (unpaired) electrons. The molecule has 5 heteroatoms.